The van der Waals surface area contributed by atoms with Crippen LogP contribution in [-0.4, -0.2) is 23.3 Å². The number of nitrogens with zero attached hydrogens (tertiary/aromatic N) is 2. The molecule has 3 rings (SSSR count). The lowest BCUT2D eigenvalue weighted by molar-refractivity contribution is 0.0884. The van der Waals surface area contributed by atoms with Crippen molar-refractivity contribution >= 4 is 17.3 Å². The van der Waals surface area contributed by atoms with Crippen LogP contribution in [-0.2, 0) is 18.0 Å². The van der Waals surface area contributed by atoms with Gasteiger partial charge in [-0.05, 0) is 44.1 Å². The van der Waals surface area contributed by atoms with E-state index in [9.17, 15) is 0 Å². The molecular formula is C15H19ClN4O2. The molecule has 2 aromatic rings. The number of ether oxygens (including phenoxy) is 1. The predicted octanol–water partition coefficient (Wildman–Crippen LogP) is 2.49. The largest absolute Gasteiger partial charge is 0.422 e. The molecule has 6 nitrogen and oxygen atoms in total. The summed E-state index contributed by atoms with van der Waals surface area (Å²) in [7, 11) is 0. The van der Waals surface area contributed by atoms with Crippen molar-refractivity contribution in [2.45, 2.75) is 32.0 Å². The van der Waals surface area contributed by atoms with Gasteiger partial charge in [-0.3, -0.25) is 0 Å². The minimum absolute atomic E-state index is 0.268. The number of aromatic nitrogens is 2. The van der Waals surface area contributed by atoms with Gasteiger partial charge in [0.15, 0.2) is 0 Å². The highest BCUT2D eigenvalue weighted by molar-refractivity contribution is 6.30. The highest BCUT2D eigenvalue weighted by atomic mass is 35.5. The first kappa shape index (κ1) is 15.3. The van der Waals surface area contributed by atoms with Crippen molar-refractivity contribution in [3.05, 3.63) is 40.6 Å². The summed E-state index contributed by atoms with van der Waals surface area (Å²) in [6.45, 7) is 2.61. The number of piperidine rings is 1. The van der Waals surface area contributed by atoms with Crippen LogP contribution in [0.3, 0.4) is 0 Å². The maximum Gasteiger partial charge on any atom is 0.242 e. The molecule has 7 heteroatoms. The summed E-state index contributed by atoms with van der Waals surface area (Å²) in [5.74, 6) is 1.56. The number of nitrogens with two attached hydrogens (primary N) is 1. The lowest BCUT2D eigenvalue weighted by Gasteiger charge is -2.18. The van der Waals surface area contributed by atoms with E-state index in [1.807, 2.05) is 0 Å². The van der Waals surface area contributed by atoms with E-state index in [4.69, 9.17) is 26.5 Å². The van der Waals surface area contributed by atoms with E-state index in [1.165, 1.54) is 0 Å². The van der Waals surface area contributed by atoms with Gasteiger partial charge in [0.05, 0.1) is 6.61 Å². The van der Waals surface area contributed by atoms with Gasteiger partial charge < -0.3 is 20.2 Å². The van der Waals surface area contributed by atoms with Crippen molar-refractivity contribution in [1.82, 2.24) is 15.5 Å². The van der Waals surface area contributed by atoms with Gasteiger partial charge in [0.1, 0.15) is 6.61 Å². The number of rotatable bonds is 5. The normalized spacial score (nSPS) is 16.0. The van der Waals surface area contributed by atoms with E-state index < -0.39 is 0 Å². The smallest absolute Gasteiger partial charge is 0.242 e. The SMILES string of the molecule is Nc1ccc(Cl)cc1COCc1nnc(C2CCNCC2)o1. The average Bonchev–Trinajstić information content (AvgIpc) is 3.00. The Morgan fingerprint density at radius 3 is 2.91 bits per heavy atom. The second-order valence-corrected chi connectivity index (χ2v) is 5.83. The standard InChI is InChI=1S/C15H19ClN4O2/c16-12-1-2-13(17)11(7-12)8-21-9-14-19-20-15(22-14)10-3-5-18-6-4-10/h1-2,7,10,18H,3-6,8-9,17H2. The molecule has 0 saturated carbocycles. The van der Waals surface area contributed by atoms with Gasteiger partial charge in [-0.15, -0.1) is 10.2 Å². The third-order valence-electron chi connectivity index (χ3n) is 3.76. The predicted molar refractivity (Wildman–Crippen MR) is 83.5 cm³/mol. The number of nitrogens with one attached hydrogen (secondary N) is 1. The number of halogens is 1. The molecular weight excluding hydrogens is 304 g/mol. The van der Waals surface area contributed by atoms with Crippen LogP contribution in [0.5, 0.6) is 0 Å². The highest BCUT2D eigenvalue weighted by Crippen LogP contribution is 2.24. The Morgan fingerprint density at radius 1 is 1.27 bits per heavy atom. The van der Waals surface area contributed by atoms with Crippen molar-refractivity contribution in [2.75, 3.05) is 18.8 Å². The van der Waals surface area contributed by atoms with Crippen LogP contribution in [0.1, 0.15) is 36.1 Å². The van der Waals surface area contributed by atoms with Gasteiger partial charge in [0, 0.05) is 22.2 Å². The summed E-state index contributed by atoms with van der Waals surface area (Å²) in [5.41, 5.74) is 7.38. The fraction of sp³-hybridized carbons (Fsp3) is 0.467. The molecule has 1 fully saturated rings. The van der Waals surface area contributed by atoms with Crippen molar-refractivity contribution in [2.24, 2.45) is 0 Å². The third kappa shape index (κ3) is 3.76. The maximum absolute atomic E-state index is 5.95. The molecule has 1 saturated heterocycles. The molecule has 3 N–H and O–H groups in total. The molecule has 0 spiro atoms. The van der Waals surface area contributed by atoms with Crippen LogP contribution < -0.4 is 11.1 Å². The Balaban J connectivity index is 1.53. The summed E-state index contributed by atoms with van der Waals surface area (Å²) in [5, 5.41) is 12.1. The molecule has 0 bridgehead atoms. The molecule has 0 unspecified atom stereocenters. The number of hydrogen-bond acceptors (Lipinski definition) is 6. The molecule has 2 heterocycles. The van der Waals surface area contributed by atoms with Crippen LogP contribution in [0.15, 0.2) is 22.6 Å². The van der Waals surface area contributed by atoms with E-state index in [0.29, 0.717) is 35.0 Å². The van der Waals surface area contributed by atoms with Crippen LogP contribution in [0.25, 0.3) is 0 Å². The van der Waals surface area contributed by atoms with Crippen molar-refractivity contribution in [3.8, 4) is 0 Å². The van der Waals surface area contributed by atoms with Crippen LogP contribution in [0, 0.1) is 0 Å². The molecule has 118 valence electrons. The van der Waals surface area contributed by atoms with Crippen molar-refractivity contribution in [3.63, 3.8) is 0 Å². The zero-order valence-corrected chi connectivity index (χ0v) is 13.0. The van der Waals surface area contributed by atoms with Crippen LogP contribution in [0.4, 0.5) is 5.69 Å². The topological polar surface area (TPSA) is 86.2 Å². The lowest BCUT2D eigenvalue weighted by Crippen LogP contribution is -2.26. The first-order valence-corrected chi connectivity index (χ1v) is 7.75. The van der Waals surface area contributed by atoms with E-state index in [1.54, 1.807) is 18.2 Å². The first-order chi connectivity index (χ1) is 10.7. The molecule has 1 aliphatic heterocycles. The second kappa shape index (κ2) is 7.09. The van der Waals surface area contributed by atoms with Gasteiger partial charge in [0.2, 0.25) is 11.8 Å². The Bertz CT molecular complexity index is 626. The summed E-state index contributed by atoms with van der Waals surface area (Å²) >= 11 is 5.95. The molecule has 1 aliphatic rings. The fourth-order valence-electron chi connectivity index (χ4n) is 2.51. The summed E-state index contributed by atoms with van der Waals surface area (Å²) in [4.78, 5) is 0. The summed E-state index contributed by atoms with van der Waals surface area (Å²) in [6, 6.07) is 5.32. The Kier molecular flexibility index (Phi) is 4.92. The molecule has 0 radical (unpaired) electrons. The zero-order valence-electron chi connectivity index (χ0n) is 12.2. The van der Waals surface area contributed by atoms with E-state index in [0.717, 1.165) is 31.5 Å². The average molecular weight is 323 g/mol. The number of anilines is 1. The molecule has 0 aliphatic carbocycles. The molecule has 1 aromatic heterocycles. The monoisotopic (exact) mass is 322 g/mol. The molecule has 1 aromatic carbocycles. The Hall–Kier alpha value is -1.63. The van der Waals surface area contributed by atoms with Gasteiger partial charge in [-0.2, -0.15) is 0 Å². The highest BCUT2D eigenvalue weighted by Gasteiger charge is 2.21. The van der Waals surface area contributed by atoms with Gasteiger partial charge in [-0.25, -0.2) is 0 Å². The van der Waals surface area contributed by atoms with Gasteiger partial charge in [-0.1, -0.05) is 11.6 Å². The molecule has 22 heavy (non-hydrogen) atoms. The summed E-state index contributed by atoms with van der Waals surface area (Å²) in [6.07, 6.45) is 2.06. The van der Waals surface area contributed by atoms with Gasteiger partial charge in [0.25, 0.3) is 0 Å². The Labute approximate surface area is 134 Å². The van der Waals surface area contributed by atoms with E-state index >= 15 is 0 Å². The van der Waals surface area contributed by atoms with Crippen molar-refractivity contribution < 1.29 is 9.15 Å². The van der Waals surface area contributed by atoms with E-state index in [2.05, 4.69) is 15.5 Å². The zero-order chi connectivity index (χ0) is 15.4. The number of benzene rings is 1. The maximum atomic E-state index is 5.95. The van der Waals surface area contributed by atoms with E-state index in [-0.39, 0.29) is 6.61 Å². The third-order valence-corrected chi connectivity index (χ3v) is 3.99. The molecule has 0 amide bonds. The van der Waals surface area contributed by atoms with Crippen molar-refractivity contribution in [1.29, 1.82) is 0 Å². The quantitative estimate of drug-likeness (QED) is 0.822. The van der Waals surface area contributed by atoms with Crippen LogP contribution >= 0.6 is 11.6 Å². The Morgan fingerprint density at radius 2 is 2.09 bits per heavy atom. The fourth-order valence-corrected chi connectivity index (χ4v) is 2.70. The lowest BCUT2D eigenvalue weighted by atomic mass is 9.98. The number of hydrogen-bond donors (Lipinski definition) is 2. The minimum atomic E-state index is 0.268. The minimum Gasteiger partial charge on any atom is -0.422 e. The molecule has 0 atom stereocenters. The second-order valence-electron chi connectivity index (χ2n) is 5.39. The van der Waals surface area contributed by atoms with Gasteiger partial charge >= 0.3 is 0 Å². The summed E-state index contributed by atoms with van der Waals surface area (Å²) < 4.78 is 11.3. The first-order valence-electron chi connectivity index (χ1n) is 7.37. The number of nitrogen functional groups attached to an aromatic ring is 1. The van der Waals surface area contributed by atoms with Crippen LogP contribution in [0.2, 0.25) is 5.02 Å².